The fraction of sp³-hybridized carbons (Fsp3) is 0.235. The molecule has 8 nitrogen and oxygen atoms in total. The van der Waals surface area contributed by atoms with Gasteiger partial charge in [0.1, 0.15) is 6.54 Å². The molecule has 0 amide bonds. The van der Waals surface area contributed by atoms with Crippen molar-refractivity contribution in [1.82, 2.24) is 0 Å². The van der Waals surface area contributed by atoms with E-state index in [9.17, 15) is 23.3 Å². The first-order valence-corrected chi connectivity index (χ1v) is 9.51. The number of nitro benzene ring substituents is 1. The van der Waals surface area contributed by atoms with Crippen LogP contribution in [0.3, 0.4) is 0 Å². The Labute approximate surface area is 161 Å². The zero-order chi connectivity index (χ0) is 20.4. The van der Waals surface area contributed by atoms with Gasteiger partial charge in [-0.1, -0.05) is 23.7 Å². The maximum atomic E-state index is 13.2. The molecule has 0 aliphatic carbocycles. The van der Waals surface area contributed by atoms with Gasteiger partial charge in [0.15, 0.2) is 0 Å². The minimum absolute atomic E-state index is 0.177. The summed E-state index contributed by atoms with van der Waals surface area (Å²) >= 11 is 6.09. The van der Waals surface area contributed by atoms with Crippen molar-refractivity contribution in [3.05, 3.63) is 62.7 Å². The summed E-state index contributed by atoms with van der Waals surface area (Å²) in [6.45, 7) is 2.50. The SMILES string of the molecule is COC(=O)CN(c1cccc(Cl)c1C)S(=O)(=O)c1ccc(C)c([N+](=O)[O-])c1. The van der Waals surface area contributed by atoms with Crippen LogP contribution in [0, 0.1) is 24.0 Å². The molecular formula is C17H17ClN2O6S. The molecule has 0 fully saturated rings. The number of carbonyl (C=O) groups is 1. The van der Waals surface area contributed by atoms with Crippen LogP contribution in [-0.4, -0.2) is 33.0 Å². The molecule has 27 heavy (non-hydrogen) atoms. The molecule has 0 aliphatic heterocycles. The Kier molecular flexibility index (Phi) is 6.07. The van der Waals surface area contributed by atoms with Gasteiger partial charge < -0.3 is 4.74 Å². The van der Waals surface area contributed by atoms with Gasteiger partial charge in [0.25, 0.3) is 15.7 Å². The van der Waals surface area contributed by atoms with Crippen molar-refractivity contribution in [3.8, 4) is 0 Å². The van der Waals surface area contributed by atoms with E-state index in [1.807, 2.05) is 0 Å². The number of rotatable bonds is 6. The Morgan fingerprint density at radius 3 is 2.52 bits per heavy atom. The highest BCUT2D eigenvalue weighted by atomic mass is 35.5. The van der Waals surface area contributed by atoms with Crippen molar-refractivity contribution in [2.24, 2.45) is 0 Å². The molecule has 0 radical (unpaired) electrons. The molecule has 0 N–H and O–H groups in total. The highest BCUT2D eigenvalue weighted by Gasteiger charge is 2.30. The molecule has 2 rings (SSSR count). The summed E-state index contributed by atoms with van der Waals surface area (Å²) in [4.78, 5) is 22.0. The summed E-state index contributed by atoms with van der Waals surface area (Å²) < 4.78 is 31.8. The van der Waals surface area contributed by atoms with Crippen molar-refractivity contribution >= 4 is 39.0 Å². The second-order valence-electron chi connectivity index (χ2n) is 5.68. The third kappa shape index (κ3) is 4.20. The van der Waals surface area contributed by atoms with Gasteiger partial charge in [0, 0.05) is 16.7 Å². The Balaban J connectivity index is 2.67. The number of esters is 1. The first kappa shape index (κ1) is 20.7. The summed E-state index contributed by atoms with van der Waals surface area (Å²) in [7, 11) is -3.17. The number of anilines is 1. The zero-order valence-electron chi connectivity index (χ0n) is 14.8. The summed E-state index contributed by atoms with van der Waals surface area (Å²) in [6, 6.07) is 8.18. The molecule has 0 saturated carbocycles. The lowest BCUT2D eigenvalue weighted by molar-refractivity contribution is -0.385. The van der Waals surface area contributed by atoms with Crippen molar-refractivity contribution < 1.29 is 22.9 Å². The van der Waals surface area contributed by atoms with Gasteiger partial charge in [-0.3, -0.25) is 19.2 Å². The van der Waals surface area contributed by atoms with Crippen molar-refractivity contribution in [3.63, 3.8) is 0 Å². The number of carbonyl (C=O) groups excluding carboxylic acids is 1. The van der Waals surface area contributed by atoms with E-state index < -0.39 is 27.5 Å². The Hall–Kier alpha value is -2.65. The second-order valence-corrected chi connectivity index (χ2v) is 7.95. The average molecular weight is 413 g/mol. The van der Waals surface area contributed by atoms with Gasteiger partial charge in [0.05, 0.1) is 22.6 Å². The smallest absolute Gasteiger partial charge is 0.326 e. The van der Waals surface area contributed by atoms with E-state index in [0.29, 0.717) is 16.1 Å². The van der Waals surface area contributed by atoms with E-state index in [0.717, 1.165) is 17.5 Å². The number of nitrogens with zero attached hydrogens (tertiary/aromatic N) is 2. The number of nitro groups is 1. The summed E-state index contributed by atoms with van der Waals surface area (Å²) in [5.74, 6) is -0.792. The minimum Gasteiger partial charge on any atom is -0.468 e. The number of halogens is 1. The molecule has 2 aromatic carbocycles. The number of hydrogen-bond donors (Lipinski definition) is 0. The Morgan fingerprint density at radius 2 is 1.93 bits per heavy atom. The number of sulfonamides is 1. The van der Waals surface area contributed by atoms with Crippen LogP contribution in [-0.2, 0) is 19.6 Å². The zero-order valence-corrected chi connectivity index (χ0v) is 16.4. The van der Waals surface area contributed by atoms with E-state index in [1.54, 1.807) is 19.1 Å². The third-order valence-corrected chi connectivity index (χ3v) is 6.14. The normalized spacial score (nSPS) is 11.1. The molecule has 0 unspecified atom stereocenters. The maximum Gasteiger partial charge on any atom is 0.326 e. The molecular weight excluding hydrogens is 396 g/mol. The fourth-order valence-electron chi connectivity index (χ4n) is 2.42. The number of aryl methyl sites for hydroxylation is 1. The number of hydrogen-bond acceptors (Lipinski definition) is 6. The molecule has 2 aromatic rings. The highest BCUT2D eigenvalue weighted by Crippen LogP contribution is 2.32. The van der Waals surface area contributed by atoms with Crippen LogP contribution in [0.1, 0.15) is 11.1 Å². The summed E-state index contributed by atoms with van der Waals surface area (Å²) in [5.41, 5.74) is 0.596. The molecule has 0 aliphatic rings. The van der Waals surface area contributed by atoms with E-state index >= 15 is 0 Å². The Morgan fingerprint density at radius 1 is 1.26 bits per heavy atom. The van der Waals surface area contributed by atoms with Crippen molar-refractivity contribution in [2.75, 3.05) is 18.0 Å². The van der Waals surface area contributed by atoms with E-state index in [-0.39, 0.29) is 16.3 Å². The van der Waals surface area contributed by atoms with Gasteiger partial charge in [-0.25, -0.2) is 8.42 Å². The molecule has 0 saturated heterocycles. The lowest BCUT2D eigenvalue weighted by Crippen LogP contribution is -2.36. The highest BCUT2D eigenvalue weighted by molar-refractivity contribution is 7.92. The van der Waals surface area contributed by atoms with E-state index in [2.05, 4.69) is 4.74 Å². The first-order chi connectivity index (χ1) is 12.6. The third-order valence-electron chi connectivity index (χ3n) is 3.97. The summed E-state index contributed by atoms with van der Waals surface area (Å²) in [6.07, 6.45) is 0. The molecule has 0 bridgehead atoms. The van der Waals surface area contributed by atoms with Crippen LogP contribution in [0.25, 0.3) is 0 Å². The van der Waals surface area contributed by atoms with Crippen LogP contribution in [0.15, 0.2) is 41.3 Å². The van der Waals surface area contributed by atoms with Crippen LogP contribution in [0.5, 0.6) is 0 Å². The predicted octanol–water partition coefficient (Wildman–Crippen LogP) is 3.23. The van der Waals surface area contributed by atoms with Crippen LogP contribution >= 0.6 is 11.6 Å². The minimum atomic E-state index is -4.30. The van der Waals surface area contributed by atoms with Gasteiger partial charge in [0.2, 0.25) is 0 Å². The van der Waals surface area contributed by atoms with Gasteiger partial charge in [-0.2, -0.15) is 0 Å². The molecule has 0 atom stereocenters. The number of benzene rings is 2. The summed E-state index contributed by atoms with van der Waals surface area (Å²) in [5, 5.41) is 11.5. The molecule has 10 heteroatoms. The molecule has 144 valence electrons. The van der Waals surface area contributed by atoms with Crippen LogP contribution in [0.2, 0.25) is 5.02 Å². The lowest BCUT2D eigenvalue weighted by atomic mass is 10.2. The predicted molar refractivity (Wildman–Crippen MR) is 101 cm³/mol. The van der Waals surface area contributed by atoms with E-state index in [1.165, 1.54) is 25.1 Å². The van der Waals surface area contributed by atoms with Gasteiger partial charge in [-0.05, 0) is 37.6 Å². The van der Waals surface area contributed by atoms with Crippen LogP contribution < -0.4 is 4.31 Å². The van der Waals surface area contributed by atoms with Gasteiger partial charge in [-0.15, -0.1) is 0 Å². The van der Waals surface area contributed by atoms with Crippen LogP contribution in [0.4, 0.5) is 11.4 Å². The maximum absolute atomic E-state index is 13.2. The lowest BCUT2D eigenvalue weighted by Gasteiger charge is -2.25. The molecule has 0 aromatic heterocycles. The average Bonchev–Trinajstić information content (AvgIpc) is 2.61. The monoisotopic (exact) mass is 412 g/mol. The van der Waals surface area contributed by atoms with Gasteiger partial charge >= 0.3 is 5.97 Å². The quantitative estimate of drug-likeness (QED) is 0.409. The molecule has 0 spiro atoms. The standard InChI is InChI=1S/C17H17ClN2O6S/c1-11-7-8-13(9-16(11)20(22)23)27(24,25)19(10-17(21)26-3)15-6-4-5-14(18)12(15)2/h4-9H,10H2,1-3H3. The number of methoxy groups -OCH3 is 1. The largest absolute Gasteiger partial charge is 0.468 e. The Bertz CT molecular complexity index is 1010. The van der Waals surface area contributed by atoms with Crippen molar-refractivity contribution in [2.45, 2.75) is 18.7 Å². The first-order valence-electron chi connectivity index (χ1n) is 7.69. The second kappa shape index (κ2) is 7.93. The molecule has 0 heterocycles. The number of ether oxygens (including phenoxy) is 1. The van der Waals surface area contributed by atoms with E-state index in [4.69, 9.17) is 11.6 Å². The topological polar surface area (TPSA) is 107 Å². The fourth-order valence-corrected chi connectivity index (χ4v) is 4.08. The van der Waals surface area contributed by atoms with Crippen molar-refractivity contribution in [1.29, 1.82) is 0 Å².